The molecule has 1 unspecified atom stereocenters. The quantitative estimate of drug-likeness (QED) is 0.686. The van der Waals surface area contributed by atoms with E-state index in [0.717, 1.165) is 41.6 Å². The molecule has 4 aliphatic rings. The standard InChI is InChI=1S/C22H28ClNO/c23-18-5-6-21-20(14-18)22(9-12-25-21)7-10-24(11-8-22)15-17-13-16-3-1-2-4-19(16)17/h2,4-6,14,16-17,19H,1,3,7-13,15H2/t16?,17-,19-/m0/s1. The fourth-order valence-corrected chi connectivity index (χ4v) is 6.00. The minimum Gasteiger partial charge on any atom is -0.493 e. The Hall–Kier alpha value is -0.990. The lowest BCUT2D eigenvalue weighted by Crippen LogP contribution is -2.49. The summed E-state index contributed by atoms with van der Waals surface area (Å²) in [6, 6.07) is 6.18. The van der Waals surface area contributed by atoms with Gasteiger partial charge in [-0.25, -0.2) is 0 Å². The van der Waals surface area contributed by atoms with Crippen LogP contribution in [-0.2, 0) is 5.41 Å². The number of fused-ring (bicyclic) bond motifs is 3. The second kappa shape index (κ2) is 6.32. The van der Waals surface area contributed by atoms with Crippen molar-refractivity contribution in [1.29, 1.82) is 0 Å². The molecule has 2 heterocycles. The van der Waals surface area contributed by atoms with Gasteiger partial charge in [-0.3, -0.25) is 0 Å². The number of allylic oxidation sites excluding steroid dienone is 2. The van der Waals surface area contributed by atoms with Crippen molar-refractivity contribution in [2.45, 2.75) is 43.9 Å². The molecular formula is C22H28ClNO. The molecule has 1 aromatic rings. The highest BCUT2D eigenvalue weighted by Crippen LogP contribution is 2.49. The molecule has 0 bridgehead atoms. The smallest absolute Gasteiger partial charge is 0.123 e. The van der Waals surface area contributed by atoms with Gasteiger partial charge in [0.25, 0.3) is 0 Å². The minimum atomic E-state index is 0.294. The van der Waals surface area contributed by atoms with Crippen LogP contribution in [0.3, 0.4) is 0 Å². The maximum absolute atomic E-state index is 6.30. The van der Waals surface area contributed by atoms with Crippen LogP contribution in [0.1, 0.15) is 44.1 Å². The van der Waals surface area contributed by atoms with Crippen LogP contribution in [0.2, 0.25) is 5.02 Å². The molecule has 3 atom stereocenters. The van der Waals surface area contributed by atoms with E-state index in [1.807, 2.05) is 6.07 Å². The fraction of sp³-hybridized carbons (Fsp3) is 0.636. The molecule has 2 fully saturated rings. The van der Waals surface area contributed by atoms with Gasteiger partial charge in [0, 0.05) is 22.5 Å². The summed E-state index contributed by atoms with van der Waals surface area (Å²) in [4.78, 5) is 2.73. The van der Waals surface area contributed by atoms with E-state index in [4.69, 9.17) is 16.3 Å². The largest absolute Gasteiger partial charge is 0.493 e. The normalized spacial score (nSPS) is 33.2. The number of nitrogens with zero attached hydrogens (tertiary/aromatic N) is 1. The van der Waals surface area contributed by atoms with Gasteiger partial charge in [0.15, 0.2) is 0 Å². The molecule has 2 nitrogen and oxygen atoms in total. The van der Waals surface area contributed by atoms with Crippen molar-refractivity contribution in [2.75, 3.05) is 26.2 Å². The number of halogens is 1. The number of hydrogen-bond donors (Lipinski definition) is 0. The Labute approximate surface area is 156 Å². The number of piperidine rings is 1. The molecule has 1 saturated heterocycles. The van der Waals surface area contributed by atoms with Gasteiger partial charge in [-0.2, -0.15) is 0 Å². The molecule has 0 radical (unpaired) electrons. The Kier molecular flexibility index (Phi) is 4.09. The average molecular weight is 358 g/mol. The second-order valence-electron chi connectivity index (χ2n) is 8.66. The number of benzene rings is 1. The molecule has 3 heteroatoms. The molecule has 0 amide bonds. The molecule has 5 rings (SSSR count). The highest BCUT2D eigenvalue weighted by Gasteiger charge is 2.44. The number of rotatable bonds is 2. The van der Waals surface area contributed by atoms with Gasteiger partial charge in [-0.1, -0.05) is 23.8 Å². The zero-order chi connectivity index (χ0) is 16.9. The van der Waals surface area contributed by atoms with Crippen LogP contribution in [-0.4, -0.2) is 31.1 Å². The third-order valence-electron chi connectivity index (χ3n) is 7.41. The molecular weight excluding hydrogens is 330 g/mol. The Morgan fingerprint density at radius 2 is 2.08 bits per heavy atom. The van der Waals surface area contributed by atoms with Gasteiger partial charge < -0.3 is 9.64 Å². The Morgan fingerprint density at radius 1 is 1.20 bits per heavy atom. The zero-order valence-corrected chi connectivity index (χ0v) is 15.7. The lowest BCUT2D eigenvalue weighted by atomic mass is 9.61. The third-order valence-corrected chi connectivity index (χ3v) is 7.65. The lowest BCUT2D eigenvalue weighted by molar-refractivity contribution is 0.0370. The summed E-state index contributed by atoms with van der Waals surface area (Å²) in [7, 11) is 0. The van der Waals surface area contributed by atoms with Crippen molar-refractivity contribution in [1.82, 2.24) is 4.90 Å². The van der Waals surface area contributed by atoms with E-state index >= 15 is 0 Å². The van der Waals surface area contributed by atoms with E-state index in [0.29, 0.717) is 5.41 Å². The van der Waals surface area contributed by atoms with Crippen LogP contribution >= 0.6 is 11.6 Å². The number of ether oxygens (including phenoxy) is 1. The maximum atomic E-state index is 6.30. The zero-order valence-electron chi connectivity index (χ0n) is 14.9. The van der Waals surface area contributed by atoms with Crippen LogP contribution < -0.4 is 4.74 Å². The van der Waals surface area contributed by atoms with E-state index in [9.17, 15) is 0 Å². The summed E-state index contributed by atoms with van der Waals surface area (Å²) in [5, 5.41) is 0.843. The molecule has 2 aliphatic carbocycles. The number of hydrogen-bond acceptors (Lipinski definition) is 2. The van der Waals surface area contributed by atoms with Crippen molar-refractivity contribution < 1.29 is 4.74 Å². The number of likely N-dealkylation sites (tertiary alicyclic amines) is 1. The first-order valence-electron chi connectivity index (χ1n) is 10.1. The predicted octanol–water partition coefficient (Wildman–Crippen LogP) is 5.06. The SMILES string of the molecule is Clc1ccc2c(c1)C1(CCO2)CCN(C[C@@H]2CC3CCC=C[C@@H]32)CC1. The Balaban J connectivity index is 1.26. The summed E-state index contributed by atoms with van der Waals surface area (Å²) >= 11 is 6.30. The topological polar surface area (TPSA) is 12.5 Å². The third kappa shape index (κ3) is 2.82. The molecule has 2 aliphatic heterocycles. The molecule has 1 saturated carbocycles. The molecule has 0 aromatic heterocycles. The lowest BCUT2D eigenvalue weighted by Gasteiger charge is -2.50. The van der Waals surface area contributed by atoms with Gasteiger partial charge in [-0.15, -0.1) is 0 Å². The Bertz CT molecular complexity index is 677. The fourth-order valence-electron chi connectivity index (χ4n) is 5.82. The van der Waals surface area contributed by atoms with Gasteiger partial charge in [-0.05, 0) is 87.6 Å². The van der Waals surface area contributed by atoms with Gasteiger partial charge in [0.2, 0.25) is 0 Å². The summed E-state index contributed by atoms with van der Waals surface area (Å²) in [6.45, 7) is 4.61. The van der Waals surface area contributed by atoms with Gasteiger partial charge in [0.05, 0.1) is 6.61 Å². The van der Waals surface area contributed by atoms with E-state index in [1.165, 1.54) is 57.3 Å². The second-order valence-corrected chi connectivity index (χ2v) is 9.10. The predicted molar refractivity (Wildman–Crippen MR) is 102 cm³/mol. The summed E-state index contributed by atoms with van der Waals surface area (Å²) in [5.41, 5.74) is 1.66. The monoisotopic (exact) mass is 357 g/mol. The van der Waals surface area contributed by atoms with E-state index in [-0.39, 0.29) is 0 Å². The highest BCUT2D eigenvalue weighted by atomic mass is 35.5. The van der Waals surface area contributed by atoms with Crippen molar-refractivity contribution >= 4 is 11.6 Å². The Morgan fingerprint density at radius 3 is 2.92 bits per heavy atom. The van der Waals surface area contributed by atoms with Crippen molar-refractivity contribution in [3.63, 3.8) is 0 Å². The average Bonchev–Trinajstić information content (AvgIpc) is 2.62. The van der Waals surface area contributed by atoms with Crippen LogP contribution in [0, 0.1) is 17.8 Å². The van der Waals surface area contributed by atoms with Crippen LogP contribution in [0.4, 0.5) is 0 Å². The van der Waals surface area contributed by atoms with Crippen molar-refractivity contribution in [2.24, 2.45) is 17.8 Å². The molecule has 25 heavy (non-hydrogen) atoms. The first kappa shape index (κ1) is 16.2. The van der Waals surface area contributed by atoms with Crippen molar-refractivity contribution in [3.8, 4) is 5.75 Å². The molecule has 0 N–H and O–H groups in total. The van der Waals surface area contributed by atoms with Crippen LogP contribution in [0.15, 0.2) is 30.4 Å². The van der Waals surface area contributed by atoms with E-state index < -0.39 is 0 Å². The van der Waals surface area contributed by atoms with Crippen molar-refractivity contribution in [3.05, 3.63) is 40.9 Å². The van der Waals surface area contributed by atoms with E-state index in [2.05, 4.69) is 29.2 Å². The highest BCUT2D eigenvalue weighted by molar-refractivity contribution is 6.30. The molecule has 1 spiro atoms. The van der Waals surface area contributed by atoms with E-state index in [1.54, 1.807) is 0 Å². The van der Waals surface area contributed by atoms with Gasteiger partial charge in [0.1, 0.15) is 5.75 Å². The summed E-state index contributed by atoms with van der Waals surface area (Å²) < 4.78 is 5.90. The van der Waals surface area contributed by atoms with Crippen LogP contribution in [0.5, 0.6) is 5.75 Å². The van der Waals surface area contributed by atoms with Crippen LogP contribution in [0.25, 0.3) is 0 Å². The first-order chi connectivity index (χ1) is 12.2. The molecule has 1 aromatic carbocycles. The first-order valence-corrected chi connectivity index (χ1v) is 10.4. The maximum Gasteiger partial charge on any atom is 0.123 e. The molecule has 134 valence electrons. The minimum absolute atomic E-state index is 0.294. The summed E-state index contributed by atoms with van der Waals surface area (Å²) in [6.07, 6.45) is 12.8. The van der Waals surface area contributed by atoms with Gasteiger partial charge >= 0.3 is 0 Å². The summed E-state index contributed by atoms with van der Waals surface area (Å²) in [5.74, 6) is 3.85.